The second-order valence-corrected chi connectivity index (χ2v) is 7.35. The van der Waals surface area contributed by atoms with E-state index in [0.717, 1.165) is 27.8 Å². The number of phenolic OH excluding ortho intramolecular Hbond substituents is 1. The molecule has 3 rings (SSSR count). The molecule has 0 fully saturated rings. The second-order valence-electron chi connectivity index (χ2n) is 7.35. The zero-order valence-electron chi connectivity index (χ0n) is 17.8. The minimum Gasteiger partial charge on any atom is -0.507 e. The monoisotopic (exact) mass is 420 g/mol. The zero-order valence-corrected chi connectivity index (χ0v) is 17.8. The molecule has 0 aromatic heterocycles. The summed E-state index contributed by atoms with van der Waals surface area (Å²) in [5.74, 6) is 0.927. The number of rotatable bonds is 9. The molecule has 0 unspecified atom stereocenters. The fourth-order valence-electron chi connectivity index (χ4n) is 3.55. The van der Waals surface area contributed by atoms with E-state index >= 15 is 0 Å². The topological polar surface area (TPSA) is 79.2 Å². The summed E-state index contributed by atoms with van der Waals surface area (Å²) in [6, 6.07) is 18.1. The van der Waals surface area contributed by atoms with Gasteiger partial charge in [0, 0.05) is 25.3 Å². The van der Waals surface area contributed by atoms with Crippen molar-refractivity contribution in [2.45, 2.75) is 25.0 Å². The van der Waals surface area contributed by atoms with Crippen molar-refractivity contribution in [3.63, 3.8) is 0 Å². The maximum Gasteiger partial charge on any atom is 0.123 e. The predicted molar refractivity (Wildman–Crippen MR) is 121 cm³/mol. The molecule has 0 aliphatic carbocycles. The molecule has 0 saturated heterocycles. The van der Waals surface area contributed by atoms with E-state index in [1.165, 1.54) is 0 Å². The van der Waals surface area contributed by atoms with Crippen molar-refractivity contribution >= 4 is 10.8 Å². The van der Waals surface area contributed by atoms with Gasteiger partial charge >= 0.3 is 0 Å². The van der Waals surface area contributed by atoms with Crippen molar-refractivity contribution in [3.8, 4) is 11.5 Å². The molecule has 0 saturated carbocycles. The fraction of sp³-hybridized carbons (Fsp3) is 0.269. The summed E-state index contributed by atoms with van der Waals surface area (Å²) in [5.41, 5.74) is 5.51. The molecular formula is C26H28O5. The SMILES string of the molecule is COCC(=C=CC[C@@H](O)c1ccc(O)c2ccccc12)C[C@@H](O)c1ccc(OC)cc1. The minimum atomic E-state index is -0.742. The van der Waals surface area contributed by atoms with E-state index in [4.69, 9.17) is 9.47 Å². The lowest BCUT2D eigenvalue weighted by molar-refractivity contribution is 0.164. The van der Waals surface area contributed by atoms with Crippen LogP contribution in [0, 0.1) is 0 Å². The summed E-state index contributed by atoms with van der Waals surface area (Å²) in [7, 11) is 3.20. The van der Waals surface area contributed by atoms with Crippen LogP contribution in [0.25, 0.3) is 10.8 Å². The van der Waals surface area contributed by atoms with E-state index in [0.29, 0.717) is 24.8 Å². The van der Waals surface area contributed by atoms with Gasteiger partial charge in [0.1, 0.15) is 11.5 Å². The van der Waals surface area contributed by atoms with E-state index < -0.39 is 12.2 Å². The van der Waals surface area contributed by atoms with Crippen LogP contribution in [0.3, 0.4) is 0 Å². The van der Waals surface area contributed by atoms with Crippen LogP contribution in [0.1, 0.15) is 36.2 Å². The molecule has 31 heavy (non-hydrogen) atoms. The number of methoxy groups -OCH3 is 2. The van der Waals surface area contributed by atoms with Gasteiger partial charge in [-0.3, -0.25) is 0 Å². The maximum absolute atomic E-state index is 10.7. The lowest BCUT2D eigenvalue weighted by Crippen LogP contribution is -2.03. The first-order valence-electron chi connectivity index (χ1n) is 10.2. The number of phenols is 1. The van der Waals surface area contributed by atoms with E-state index in [-0.39, 0.29) is 5.75 Å². The van der Waals surface area contributed by atoms with Gasteiger partial charge in [-0.2, -0.15) is 0 Å². The number of hydrogen-bond donors (Lipinski definition) is 3. The third-order valence-corrected chi connectivity index (χ3v) is 5.20. The second kappa shape index (κ2) is 10.8. The summed E-state index contributed by atoms with van der Waals surface area (Å²) in [6.07, 6.45) is 1.05. The van der Waals surface area contributed by atoms with Crippen LogP contribution in [0.2, 0.25) is 0 Å². The van der Waals surface area contributed by atoms with Crippen LogP contribution in [0.15, 0.2) is 78.0 Å². The van der Waals surface area contributed by atoms with Gasteiger partial charge in [0.15, 0.2) is 0 Å². The summed E-state index contributed by atoms with van der Waals surface area (Å²) >= 11 is 0. The smallest absolute Gasteiger partial charge is 0.123 e. The summed E-state index contributed by atoms with van der Waals surface area (Å²) in [5, 5.41) is 32.8. The van der Waals surface area contributed by atoms with E-state index in [1.54, 1.807) is 32.4 Å². The molecule has 0 heterocycles. The van der Waals surface area contributed by atoms with Crippen molar-refractivity contribution in [3.05, 3.63) is 89.2 Å². The molecule has 162 valence electrons. The van der Waals surface area contributed by atoms with Crippen LogP contribution in [0.4, 0.5) is 0 Å². The Morgan fingerprint density at radius 2 is 1.65 bits per heavy atom. The third-order valence-electron chi connectivity index (χ3n) is 5.20. The van der Waals surface area contributed by atoms with Gasteiger partial charge in [-0.25, -0.2) is 0 Å². The van der Waals surface area contributed by atoms with Crippen molar-refractivity contribution in [1.82, 2.24) is 0 Å². The largest absolute Gasteiger partial charge is 0.507 e. The summed E-state index contributed by atoms with van der Waals surface area (Å²) < 4.78 is 10.4. The number of ether oxygens (including phenoxy) is 2. The Bertz CT molecular complexity index is 1060. The molecule has 3 aromatic rings. The molecule has 2 atom stereocenters. The van der Waals surface area contributed by atoms with E-state index in [9.17, 15) is 15.3 Å². The molecule has 0 amide bonds. The van der Waals surface area contributed by atoms with Crippen molar-refractivity contribution in [1.29, 1.82) is 0 Å². The van der Waals surface area contributed by atoms with Crippen LogP contribution in [-0.4, -0.2) is 36.1 Å². The van der Waals surface area contributed by atoms with Gasteiger partial charge in [0.2, 0.25) is 0 Å². The third kappa shape index (κ3) is 5.75. The lowest BCUT2D eigenvalue weighted by Gasteiger charge is -2.13. The van der Waals surface area contributed by atoms with Gasteiger partial charge in [0.25, 0.3) is 0 Å². The first-order valence-corrected chi connectivity index (χ1v) is 10.2. The number of hydrogen-bond acceptors (Lipinski definition) is 5. The lowest BCUT2D eigenvalue weighted by atomic mass is 9.97. The average Bonchev–Trinajstić information content (AvgIpc) is 2.79. The Morgan fingerprint density at radius 1 is 0.935 bits per heavy atom. The normalized spacial score (nSPS) is 12.8. The van der Waals surface area contributed by atoms with Gasteiger partial charge in [-0.1, -0.05) is 42.5 Å². The molecule has 0 aliphatic rings. The number of fused-ring (bicyclic) bond motifs is 1. The number of aromatic hydroxyl groups is 1. The number of benzene rings is 3. The Balaban J connectivity index is 1.74. The molecule has 5 nitrogen and oxygen atoms in total. The van der Waals surface area contributed by atoms with Crippen LogP contribution < -0.4 is 4.74 Å². The molecule has 0 radical (unpaired) electrons. The van der Waals surface area contributed by atoms with E-state index in [1.807, 2.05) is 48.5 Å². The Hall–Kier alpha value is -3.08. The minimum absolute atomic E-state index is 0.192. The maximum atomic E-state index is 10.7. The molecule has 0 aliphatic heterocycles. The molecule has 0 bridgehead atoms. The molecule has 3 aromatic carbocycles. The Labute approximate surface area is 182 Å². The quantitative estimate of drug-likeness (QED) is 0.432. The van der Waals surface area contributed by atoms with Gasteiger partial charge in [0.05, 0.1) is 25.9 Å². The van der Waals surface area contributed by atoms with Gasteiger partial charge in [-0.05, 0) is 46.4 Å². The highest BCUT2D eigenvalue weighted by molar-refractivity contribution is 5.91. The molecule has 0 spiro atoms. The average molecular weight is 421 g/mol. The molecular weight excluding hydrogens is 392 g/mol. The molecule has 5 heteroatoms. The fourth-order valence-corrected chi connectivity index (χ4v) is 3.55. The van der Waals surface area contributed by atoms with Gasteiger partial charge in [-0.15, -0.1) is 5.73 Å². The summed E-state index contributed by atoms with van der Waals surface area (Å²) in [6.45, 7) is 0.335. The first kappa shape index (κ1) is 22.6. The Morgan fingerprint density at radius 3 is 2.32 bits per heavy atom. The van der Waals surface area contributed by atoms with Crippen molar-refractivity contribution in [2.75, 3.05) is 20.8 Å². The van der Waals surface area contributed by atoms with Crippen molar-refractivity contribution in [2.24, 2.45) is 0 Å². The highest BCUT2D eigenvalue weighted by atomic mass is 16.5. The first-order chi connectivity index (χ1) is 15.0. The van der Waals surface area contributed by atoms with Crippen molar-refractivity contribution < 1.29 is 24.8 Å². The summed E-state index contributed by atoms with van der Waals surface area (Å²) in [4.78, 5) is 0. The Kier molecular flexibility index (Phi) is 7.88. The van der Waals surface area contributed by atoms with E-state index in [2.05, 4.69) is 5.73 Å². The molecule has 3 N–H and O–H groups in total. The number of aliphatic hydroxyl groups excluding tert-OH is 2. The van der Waals surface area contributed by atoms with Gasteiger partial charge < -0.3 is 24.8 Å². The highest BCUT2D eigenvalue weighted by Gasteiger charge is 2.13. The standard InChI is InChI=1S/C26H28O5/c1-30-17-18(16-26(29)19-10-12-20(31-2)13-11-19)6-5-9-24(27)23-14-15-25(28)22-8-4-3-7-21(22)23/h3-5,7-8,10-15,24,26-29H,9,16-17H2,1-2H3/t6?,24-,26-/m1/s1. The van der Waals surface area contributed by atoms with Crippen LogP contribution in [0.5, 0.6) is 11.5 Å². The van der Waals surface area contributed by atoms with Crippen LogP contribution in [-0.2, 0) is 4.74 Å². The van der Waals surface area contributed by atoms with Crippen LogP contribution >= 0.6 is 0 Å². The predicted octanol–water partition coefficient (Wildman–Crippen LogP) is 4.83. The zero-order chi connectivity index (χ0) is 22.2. The highest BCUT2D eigenvalue weighted by Crippen LogP contribution is 2.32. The number of aliphatic hydroxyl groups is 2.